The van der Waals surface area contributed by atoms with Crippen molar-refractivity contribution in [3.05, 3.63) is 271 Å². The highest BCUT2D eigenvalue weighted by molar-refractivity contribution is 7.22. The number of rotatable bonds is 8. The molecule has 2 aliphatic rings. The fourth-order valence-corrected chi connectivity index (χ4v) is 16.2. The predicted molar refractivity (Wildman–Crippen MR) is 272 cm³/mol. The van der Waals surface area contributed by atoms with Crippen molar-refractivity contribution in [3.63, 3.8) is 0 Å². The van der Waals surface area contributed by atoms with Gasteiger partial charge < -0.3 is 4.90 Å². The molecule has 1 unspecified atom stereocenters. The zero-order chi connectivity index (χ0) is 42.7. The monoisotopic (exact) mass is 831 g/mol. The van der Waals surface area contributed by atoms with Crippen molar-refractivity contribution in [3.8, 4) is 44.5 Å². The van der Waals surface area contributed by atoms with Gasteiger partial charge in [0.05, 0.1) is 0 Å². The van der Waals surface area contributed by atoms with Gasteiger partial charge in [0.1, 0.15) is 0 Å². The number of fused-ring (bicyclic) bond motifs is 6. The number of nitrogens with zero attached hydrogens (tertiary/aromatic N) is 1. The fourth-order valence-electron chi connectivity index (χ4n) is 11.0. The smallest absolute Gasteiger partial charge is 0.180 e. The molecule has 0 spiro atoms. The molecule has 10 aromatic carbocycles. The summed E-state index contributed by atoms with van der Waals surface area (Å²) in [6.07, 6.45) is 0. The average Bonchev–Trinajstić information content (AvgIpc) is 3.82. The maximum atomic E-state index is 2.48. The third-order valence-corrected chi connectivity index (χ3v) is 18.9. The molecule has 2 heteroatoms. The van der Waals surface area contributed by atoms with E-state index < -0.39 is 8.07 Å². The molecule has 10 aromatic rings. The van der Waals surface area contributed by atoms with Crippen LogP contribution in [0.15, 0.2) is 255 Å². The SMILES string of the molecule is CC1(c2ccccc2)c2ccccc2-c2ccc(N(c3ccc(-c4ccccc4)cc3)c3ccc(-c4cccc([Si]5(c6ccccc6)c6ccccc6-c6ccccc65)c4)cc3)cc21. The Balaban J connectivity index is 0.984. The van der Waals surface area contributed by atoms with Crippen LogP contribution in [0, 0.1) is 0 Å². The van der Waals surface area contributed by atoms with E-state index in [4.69, 9.17) is 0 Å². The quantitative estimate of drug-likeness (QED) is 0.138. The van der Waals surface area contributed by atoms with Gasteiger partial charge in [-0.15, -0.1) is 0 Å². The van der Waals surface area contributed by atoms with Crippen LogP contribution in [0.1, 0.15) is 23.6 Å². The first kappa shape index (κ1) is 37.9. The van der Waals surface area contributed by atoms with Crippen LogP contribution in [-0.4, -0.2) is 8.07 Å². The minimum Gasteiger partial charge on any atom is -0.310 e. The van der Waals surface area contributed by atoms with Crippen molar-refractivity contribution in [2.75, 3.05) is 4.90 Å². The summed E-state index contributed by atoms with van der Waals surface area (Å²) in [5, 5.41) is 5.74. The molecule has 12 rings (SSSR count). The van der Waals surface area contributed by atoms with E-state index >= 15 is 0 Å². The van der Waals surface area contributed by atoms with Gasteiger partial charge in [-0.1, -0.05) is 218 Å². The maximum absolute atomic E-state index is 2.61. The van der Waals surface area contributed by atoms with Crippen molar-refractivity contribution in [1.29, 1.82) is 0 Å². The van der Waals surface area contributed by atoms with E-state index in [1.165, 1.54) is 81.9 Å². The first-order valence-electron chi connectivity index (χ1n) is 22.3. The Labute approximate surface area is 377 Å². The van der Waals surface area contributed by atoms with Gasteiger partial charge in [-0.2, -0.15) is 0 Å². The molecule has 302 valence electrons. The van der Waals surface area contributed by atoms with Crippen LogP contribution in [0.3, 0.4) is 0 Å². The van der Waals surface area contributed by atoms with Gasteiger partial charge in [-0.25, -0.2) is 0 Å². The van der Waals surface area contributed by atoms with Gasteiger partial charge in [0.25, 0.3) is 0 Å². The summed E-state index contributed by atoms with van der Waals surface area (Å²) in [5.74, 6) is 0. The summed E-state index contributed by atoms with van der Waals surface area (Å²) in [5.41, 5.74) is 17.2. The van der Waals surface area contributed by atoms with E-state index in [1.807, 2.05) is 0 Å². The van der Waals surface area contributed by atoms with Crippen molar-refractivity contribution in [2.45, 2.75) is 12.3 Å². The average molecular weight is 832 g/mol. The molecule has 1 aliphatic heterocycles. The maximum Gasteiger partial charge on any atom is 0.180 e. The molecule has 1 atom stereocenters. The van der Waals surface area contributed by atoms with Crippen LogP contribution in [0.5, 0.6) is 0 Å². The van der Waals surface area contributed by atoms with Crippen LogP contribution in [-0.2, 0) is 5.41 Å². The van der Waals surface area contributed by atoms with E-state index in [0.29, 0.717) is 0 Å². The molecule has 0 amide bonds. The summed E-state index contributed by atoms with van der Waals surface area (Å²) in [7, 11) is -2.61. The number of anilines is 3. The van der Waals surface area contributed by atoms with Crippen molar-refractivity contribution in [2.24, 2.45) is 0 Å². The summed E-state index contributed by atoms with van der Waals surface area (Å²) in [4.78, 5) is 2.42. The zero-order valence-corrected chi connectivity index (χ0v) is 36.7. The Morgan fingerprint density at radius 2 is 0.766 bits per heavy atom. The number of hydrogen-bond acceptors (Lipinski definition) is 1. The summed E-state index contributed by atoms with van der Waals surface area (Å²) < 4.78 is 0. The highest BCUT2D eigenvalue weighted by Gasteiger charge is 2.48. The fraction of sp³-hybridized carbons (Fsp3) is 0.0323. The lowest BCUT2D eigenvalue weighted by Gasteiger charge is -2.31. The largest absolute Gasteiger partial charge is 0.310 e. The van der Waals surface area contributed by atoms with Gasteiger partial charge in [0.2, 0.25) is 0 Å². The molecule has 0 N–H and O–H groups in total. The van der Waals surface area contributed by atoms with Crippen LogP contribution in [0.4, 0.5) is 17.1 Å². The molecule has 0 aromatic heterocycles. The third-order valence-electron chi connectivity index (χ3n) is 14.1. The molecule has 0 saturated carbocycles. The van der Waals surface area contributed by atoms with Crippen LogP contribution in [0.25, 0.3) is 44.5 Å². The molecule has 0 radical (unpaired) electrons. The molecule has 64 heavy (non-hydrogen) atoms. The van der Waals surface area contributed by atoms with E-state index in [9.17, 15) is 0 Å². The minimum absolute atomic E-state index is 0.304. The Hall–Kier alpha value is -7.78. The van der Waals surface area contributed by atoms with E-state index in [0.717, 1.165) is 17.1 Å². The second-order valence-electron chi connectivity index (χ2n) is 17.3. The predicted octanol–water partition coefficient (Wildman–Crippen LogP) is 13.2. The highest BCUT2D eigenvalue weighted by atomic mass is 28.3. The minimum atomic E-state index is -2.61. The number of hydrogen-bond donors (Lipinski definition) is 0. The molecular formula is C62H45NSi. The van der Waals surface area contributed by atoms with E-state index in [1.54, 1.807) is 0 Å². The van der Waals surface area contributed by atoms with Crippen LogP contribution < -0.4 is 25.6 Å². The van der Waals surface area contributed by atoms with Crippen molar-refractivity contribution < 1.29 is 0 Å². The second kappa shape index (κ2) is 15.2. The first-order chi connectivity index (χ1) is 31.6. The normalized spacial score (nSPS) is 15.1. The van der Waals surface area contributed by atoms with Crippen molar-refractivity contribution >= 4 is 45.9 Å². The molecule has 0 saturated heterocycles. The molecule has 1 nitrogen and oxygen atoms in total. The van der Waals surface area contributed by atoms with Gasteiger partial charge in [-0.3, -0.25) is 0 Å². The molecule has 1 heterocycles. The van der Waals surface area contributed by atoms with Gasteiger partial charge >= 0.3 is 0 Å². The molecular weight excluding hydrogens is 787 g/mol. The molecule has 1 aliphatic carbocycles. The van der Waals surface area contributed by atoms with E-state index in [2.05, 4.69) is 267 Å². The summed E-state index contributed by atoms with van der Waals surface area (Å²) in [6, 6.07) is 94.8. The highest BCUT2D eigenvalue weighted by Crippen LogP contribution is 2.54. The van der Waals surface area contributed by atoms with Crippen LogP contribution in [0.2, 0.25) is 0 Å². The summed E-state index contributed by atoms with van der Waals surface area (Å²) >= 11 is 0. The zero-order valence-electron chi connectivity index (χ0n) is 35.7. The molecule has 0 bridgehead atoms. The van der Waals surface area contributed by atoms with Gasteiger partial charge in [0.15, 0.2) is 8.07 Å². The standard InChI is InChI=1S/C62H45NSi/c1-62(48-21-7-3-8-22-48)58-29-14-11-26-54(58)55-41-40-51(43-59(55)62)63(49-36-32-45(33-37-49)44-18-5-2-6-19-44)50-38-34-46(35-39-50)47-20-17-25-53(42-47)64(52-23-9-4-10-24-52)60-30-15-12-27-56(60)57-28-13-16-31-61(57)64/h2-43H,1H3. The van der Waals surface area contributed by atoms with Crippen molar-refractivity contribution in [1.82, 2.24) is 0 Å². The van der Waals surface area contributed by atoms with Gasteiger partial charge in [0, 0.05) is 22.5 Å². The third kappa shape index (κ3) is 5.84. The van der Waals surface area contributed by atoms with E-state index in [-0.39, 0.29) is 5.41 Å². The Bertz CT molecular complexity index is 3280. The molecule has 0 fully saturated rings. The lowest BCUT2D eigenvalue weighted by molar-refractivity contribution is 0.714. The first-order valence-corrected chi connectivity index (χ1v) is 24.3. The lowest BCUT2D eigenvalue weighted by atomic mass is 9.74. The summed E-state index contributed by atoms with van der Waals surface area (Å²) in [6.45, 7) is 2.40. The Kier molecular flexibility index (Phi) is 9.03. The van der Waals surface area contributed by atoms with Crippen LogP contribution >= 0.6 is 0 Å². The number of benzene rings is 10. The van der Waals surface area contributed by atoms with Gasteiger partial charge in [-0.05, 0) is 125 Å². The Morgan fingerprint density at radius 1 is 0.312 bits per heavy atom. The second-order valence-corrected chi connectivity index (χ2v) is 21.1. The Morgan fingerprint density at radius 3 is 1.41 bits per heavy atom. The topological polar surface area (TPSA) is 3.24 Å². The lowest BCUT2D eigenvalue weighted by Crippen LogP contribution is -2.72.